The Labute approximate surface area is 89.1 Å². The quantitative estimate of drug-likeness (QED) is 0.815. The minimum absolute atomic E-state index is 0.154. The van der Waals surface area contributed by atoms with Gasteiger partial charge in [0.05, 0.1) is 5.02 Å². The van der Waals surface area contributed by atoms with E-state index < -0.39 is 5.82 Å². The number of hydrogen-bond donors (Lipinski definition) is 1. The van der Waals surface area contributed by atoms with Crippen LogP contribution in [-0.4, -0.2) is 0 Å². The van der Waals surface area contributed by atoms with E-state index in [1.54, 1.807) is 12.1 Å². The molecule has 1 aromatic rings. The van der Waals surface area contributed by atoms with Crippen LogP contribution in [0.1, 0.15) is 37.8 Å². The zero-order valence-corrected chi connectivity index (χ0v) is 9.02. The second-order valence-electron chi connectivity index (χ2n) is 3.39. The zero-order chi connectivity index (χ0) is 10.6. The molecule has 0 aliphatic rings. The third-order valence-electron chi connectivity index (χ3n) is 2.25. The van der Waals surface area contributed by atoms with Gasteiger partial charge in [-0.05, 0) is 18.1 Å². The van der Waals surface area contributed by atoms with Gasteiger partial charge in [0, 0.05) is 6.04 Å². The summed E-state index contributed by atoms with van der Waals surface area (Å²) in [5, 5.41) is 0.163. The molecule has 1 aromatic carbocycles. The van der Waals surface area contributed by atoms with E-state index in [4.69, 9.17) is 17.3 Å². The molecule has 1 atom stereocenters. The maximum absolute atomic E-state index is 13.1. The van der Waals surface area contributed by atoms with Gasteiger partial charge < -0.3 is 5.73 Å². The highest BCUT2D eigenvalue weighted by Crippen LogP contribution is 2.26. The van der Waals surface area contributed by atoms with Gasteiger partial charge in [-0.1, -0.05) is 43.5 Å². The van der Waals surface area contributed by atoms with Crippen LogP contribution < -0.4 is 5.73 Å². The summed E-state index contributed by atoms with van der Waals surface area (Å²) in [7, 11) is 0. The molecule has 3 heteroatoms. The first-order valence-corrected chi connectivity index (χ1v) is 5.24. The smallest absolute Gasteiger partial charge is 0.142 e. The Bertz CT molecular complexity index is 301. The molecule has 0 aliphatic carbocycles. The summed E-state index contributed by atoms with van der Waals surface area (Å²) in [6.45, 7) is 2.10. The molecule has 0 fully saturated rings. The Hall–Kier alpha value is -0.600. The van der Waals surface area contributed by atoms with Crippen LogP contribution >= 0.6 is 11.6 Å². The SMILES string of the molecule is CCCC[C@H](N)c1cccc(F)c1Cl. The van der Waals surface area contributed by atoms with E-state index in [1.165, 1.54) is 6.07 Å². The normalized spacial score (nSPS) is 12.9. The molecule has 2 N–H and O–H groups in total. The summed E-state index contributed by atoms with van der Waals surface area (Å²) < 4.78 is 13.1. The van der Waals surface area contributed by atoms with Crippen molar-refractivity contribution in [3.05, 3.63) is 34.6 Å². The molecule has 1 nitrogen and oxygen atoms in total. The van der Waals surface area contributed by atoms with E-state index in [0.717, 1.165) is 19.3 Å². The van der Waals surface area contributed by atoms with Crippen LogP contribution in [0.25, 0.3) is 0 Å². The van der Waals surface area contributed by atoms with Crippen LogP contribution in [0.15, 0.2) is 18.2 Å². The van der Waals surface area contributed by atoms with E-state index in [1.807, 2.05) is 0 Å². The number of unbranched alkanes of at least 4 members (excludes halogenated alkanes) is 1. The standard InChI is InChI=1S/C11H15ClFN/c1-2-3-7-10(14)8-5-4-6-9(13)11(8)12/h4-6,10H,2-3,7,14H2,1H3/t10-/m0/s1. The molecule has 0 amide bonds. The lowest BCUT2D eigenvalue weighted by atomic mass is 10.0. The predicted molar refractivity (Wildman–Crippen MR) is 57.9 cm³/mol. The van der Waals surface area contributed by atoms with Crippen LogP contribution in [0.4, 0.5) is 4.39 Å². The topological polar surface area (TPSA) is 26.0 Å². The average Bonchev–Trinajstić information content (AvgIpc) is 2.18. The van der Waals surface area contributed by atoms with Crippen molar-refractivity contribution in [2.45, 2.75) is 32.2 Å². The molecule has 0 unspecified atom stereocenters. The number of rotatable bonds is 4. The lowest BCUT2D eigenvalue weighted by molar-refractivity contribution is 0.589. The summed E-state index contributed by atoms with van der Waals surface area (Å²) >= 11 is 5.81. The van der Waals surface area contributed by atoms with Crippen molar-refractivity contribution in [3.63, 3.8) is 0 Å². The molecule has 14 heavy (non-hydrogen) atoms. The largest absolute Gasteiger partial charge is 0.324 e. The van der Waals surface area contributed by atoms with Crippen molar-refractivity contribution in [3.8, 4) is 0 Å². The van der Waals surface area contributed by atoms with Gasteiger partial charge in [-0.25, -0.2) is 4.39 Å². The van der Waals surface area contributed by atoms with Gasteiger partial charge >= 0.3 is 0 Å². The van der Waals surface area contributed by atoms with Gasteiger partial charge in [0.15, 0.2) is 0 Å². The molecule has 0 bridgehead atoms. The highest BCUT2D eigenvalue weighted by molar-refractivity contribution is 6.31. The number of nitrogens with two attached hydrogens (primary N) is 1. The van der Waals surface area contributed by atoms with E-state index in [2.05, 4.69) is 6.92 Å². The highest BCUT2D eigenvalue weighted by atomic mass is 35.5. The van der Waals surface area contributed by atoms with Crippen molar-refractivity contribution < 1.29 is 4.39 Å². The van der Waals surface area contributed by atoms with Crippen molar-refractivity contribution >= 4 is 11.6 Å². The van der Waals surface area contributed by atoms with Crippen LogP contribution in [0, 0.1) is 5.82 Å². The van der Waals surface area contributed by atoms with Crippen molar-refractivity contribution in [2.24, 2.45) is 5.73 Å². The first-order chi connectivity index (χ1) is 6.66. The second kappa shape index (κ2) is 5.32. The Balaban J connectivity index is 2.79. The summed E-state index contributed by atoms with van der Waals surface area (Å²) in [6, 6.07) is 4.62. The fourth-order valence-corrected chi connectivity index (χ4v) is 1.65. The van der Waals surface area contributed by atoms with Gasteiger partial charge in [0.1, 0.15) is 5.82 Å². The van der Waals surface area contributed by atoms with E-state index in [-0.39, 0.29) is 11.1 Å². The first kappa shape index (κ1) is 11.5. The van der Waals surface area contributed by atoms with Crippen molar-refractivity contribution in [1.82, 2.24) is 0 Å². The van der Waals surface area contributed by atoms with Crippen LogP contribution in [0.3, 0.4) is 0 Å². The third-order valence-corrected chi connectivity index (χ3v) is 2.65. The molecule has 0 radical (unpaired) electrons. The van der Waals surface area contributed by atoms with Crippen LogP contribution in [0.5, 0.6) is 0 Å². The molecule has 0 spiro atoms. The number of benzene rings is 1. The van der Waals surface area contributed by atoms with E-state index >= 15 is 0 Å². The maximum Gasteiger partial charge on any atom is 0.142 e. The molecule has 0 aliphatic heterocycles. The van der Waals surface area contributed by atoms with Gasteiger partial charge in [-0.15, -0.1) is 0 Å². The minimum atomic E-state index is -0.392. The fraction of sp³-hybridized carbons (Fsp3) is 0.455. The summed E-state index contributed by atoms with van der Waals surface area (Å²) in [4.78, 5) is 0. The minimum Gasteiger partial charge on any atom is -0.324 e. The Morgan fingerprint density at radius 1 is 1.50 bits per heavy atom. The predicted octanol–water partition coefficient (Wildman–Crippen LogP) is 3.67. The molecule has 0 aromatic heterocycles. The summed E-state index contributed by atoms with van der Waals surface area (Å²) in [6.07, 6.45) is 2.97. The molecule has 0 saturated carbocycles. The fourth-order valence-electron chi connectivity index (χ4n) is 1.39. The number of halogens is 2. The Kier molecular flexibility index (Phi) is 4.36. The Morgan fingerprint density at radius 3 is 2.86 bits per heavy atom. The van der Waals surface area contributed by atoms with Gasteiger partial charge in [0.2, 0.25) is 0 Å². The van der Waals surface area contributed by atoms with Crippen molar-refractivity contribution in [1.29, 1.82) is 0 Å². The van der Waals surface area contributed by atoms with Gasteiger partial charge in [-0.3, -0.25) is 0 Å². The highest BCUT2D eigenvalue weighted by Gasteiger charge is 2.12. The van der Waals surface area contributed by atoms with Gasteiger partial charge in [0.25, 0.3) is 0 Å². The first-order valence-electron chi connectivity index (χ1n) is 4.86. The summed E-state index contributed by atoms with van der Waals surface area (Å²) in [5.74, 6) is -0.392. The number of hydrogen-bond acceptors (Lipinski definition) is 1. The Morgan fingerprint density at radius 2 is 2.21 bits per heavy atom. The summed E-state index contributed by atoms with van der Waals surface area (Å²) in [5.41, 5.74) is 6.61. The molecule has 0 heterocycles. The average molecular weight is 216 g/mol. The molecule has 78 valence electrons. The molecular weight excluding hydrogens is 201 g/mol. The third kappa shape index (κ3) is 2.69. The molecular formula is C11H15ClFN. The van der Waals surface area contributed by atoms with E-state index in [9.17, 15) is 4.39 Å². The lowest BCUT2D eigenvalue weighted by Gasteiger charge is -2.13. The van der Waals surface area contributed by atoms with Crippen molar-refractivity contribution in [2.75, 3.05) is 0 Å². The van der Waals surface area contributed by atoms with Crippen LogP contribution in [-0.2, 0) is 0 Å². The maximum atomic E-state index is 13.1. The van der Waals surface area contributed by atoms with Crippen LogP contribution in [0.2, 0.25) is 5.02 Å². The van der Waals surface area contributed by atoms with E-state index in [0.29, 0.717) is 5.56 Å². The zero-order valence-electron chi connectivity index (χ0n) is 8.26. The second-order valence-corrected chi connectivity index (χ2v) is 3.77. The molecule has 0 saturated heterocycles. The monoisotopic (exact) mass is 215 g/mol. The van der Waals surface area contributed by atoms with Gasteiger partial charge in [-0.2, -0.15) is 0 Å². The molecule has 1 rings (SSSR count). The lowest BCUT2D eigenvalue weighted by Crippen LogP contribution is -2.11.